The summed E-state index contributed by atoms with van der Waals surface area (Å²) in [6.07, 6.45) is 2.85. The highest BCUT2D eigenvalue weighted by molar-refractivity contribution is 7.09. The number of aromatic nitrogens is 1. The quantitative estimate of drug-likeness (QED) is 0.831. The molecule has 1 aromatic heterocycles. The van der Waals surface area contributed by atoms with Crippen LogP contribution in [0.15, 0.2) is 5.38 Å². The number of urea groups is 1. The van der Waals surface area contributed by atoms with Gasteiger partial charge in [0.25, 0.3) is 5.91 Å². The first-order chi connectivity index (χ1) is 11.1. The normalized spacial score (nSPS) is 21.7. The fourth-order valence-corrected chi connectivity index (χ4v) is 3.96. The second kappa shape index (κ2) is 6.66. The van der Waals surface area contributed by atoms with E-state index in [1.54, 1.807) is 16.2 Å². The number of likely N-dealkylation sites (tertiary alicyclic amines) is 1. The zero-order valence-electron chi connectivity index (χ0n) is 13.1. The Morgan fingerprint density at radius 3 is 2.96 bits per heavy atom. The molecule has 1 N–H and O–H groups in total. The van der Waals surface area contributed by atoms with Crippen LogP contribution in [-0.2, 0) is 16.0 Å². The number of amides is 4. The standard InChI is InChI=1S/C15H20N4O3S/c1-2-11-9-23-14(17-11)10-4-3-5-18(7-10)13(21)8-19-12(20)6-16-15(19)22/h9-10H,2-8H2,1H3,(H,16,22). The predicted molar refractivity (Wildman–Crippen MR) is 85.2 cm³/mol. The highest BCUT2D eigenvalue weighted by Crippen LogP contribution is 2.29. The van der Waals surface area contributed by atoms with E-state index < -0.39 is 6.03 Å². The smallest absolute Gasteiger partial charge is 0.325 e. The molecule has 0 radical (unpaired) electrons. The van der Waals surface area contributed by atoms with Crippen molar-refractivity contribution in [2.75, 3.05) is 26.2 Å². The molecule has 2 fully saturated rings. The molecule has 2 saturated heterocycles. The minimum atomic E-state index is -0.482. The Bertz CT molecular complexity index is 614. The number of piperidine rings is 1. The Labute approximate surface area is 138 Å². The number of aryl methyl sites for hydroxylation is 1. The maximum absolute atomic E-state index is 12.4. The lowest BCUT2D eigenvalue weighted by atomic mass is 9.98. The van der Waals surface area contributed by atoms with E-state index in [1.165, 1.54) is 0 Å². The van der Waals surface area contributed by atoms with Gasteiger partial charge >= 0.3 is 6.03 Å². The van der Waals surface area contributed by atoms with Crippen molar-refractivity contribution in [3.8, 4) is 0 Å². The average Bonchev–Trinajstić information content (AvgIpc) is 3.17. The summed E-state index contributed by atoms with van der Waals surface area (Å²) in [4.78, 5) is 42.9. The molecule has 0 spiro atoms. The zero-order chi connectivity index (χ0) is 16.4. The highest BCUT2D eigenvalue weighted by atomic mass is 32.1. The molecule has 2 aliphatic heterocycles. The van der Waals surface area contributed by atoms with E-state index >= 15 is 0 Å². The SMILES string of the molecule is CCc1csc(C2CCCN(C(=O)CN3C(=O)CNC3=O)C2)n1. The summed E-state index contributed by atoms with van der Waals surface area (Å²) in [5, 5.41) is 5.58. The fraction of sp³-hybridized carbons (Fsp3) is 0.600. The van der Waals surface area contributed by atoms with Crippen LogP contribution in [0.3, 0.4) is 0 Å². The van der Waals surface area contributed by atoms with Gasteiger partial charge in [-0.3, -0.25) is 14.5 Å². The first-order valence-corrected chi connectivity index (χ1v) is 8.76. The van der Waals surface area contributed by atoms with Crippen molar-refractivity contribution in [3.05, 3.63) is 16.1 Å². The number of carbonyl (C=O) groups is 3. The molecular weight excluding hydrogens is 316 g/mol. The van der Waals surface area contributed by atoms with Gasteiger partial charge in [-0.05, 0) is 19.3 Å². The second-order valence-electron chi connectivity index (χ2n) is 5.85. The van der Waals surface area contributed by atoms with E-state index in [0.717, 1.165) is 34.9 Å². The van der Waals surface area contributed by atoms with E-state index in [0.29, 0.717) is 13.1 Å². The van der Waals surface area contributed by atoms with Crippen molar-refractivity contribution < 1.29 is 14.4 Å². The summed E-state index contributed by atoms with van der Waals surface area (Å²) in [5.74, 6) is -0.266. The first-order valence-electron chi connectivity index (χ1n) is 7.88. The molecule has 0 saturated carbocycles. The van der Waals surface area contributed by atoms with Crippen molar-refractivity contribution in [1.82, 2.24) is 20.1 Å². The van der Waals surface area contributed by atoms with Gasteiger partial charge < -0.3 is 10.2 Å². The van der Waals surface area contributed by atoms with Gasteiger partial charge in [-0.25, -0.2) is 9.78 Å². The Morgan fingerprint density at radius 2 is 2.30 bits per heavy atom. The molecule has 1 aromatic rings. The number of thiazole rings is 1. The second-order valence-corrected chi connectivity index (χ2v) is 6.74. The van der Waals surface area contributed by atoms with Crippen molar-refractivity contribution in [2.45, 2.75) is 32.1 Å². The summed E-state index contributed by atoms with van der Waals surface area (Å²) in [7, 11) is 0. The maximum Gasteiger partial charge on any atom is 0.325 e. The molecule has 8 heteroatoms. The number of carbonyl (C=O) groups excluding carboxylic acids is 3. The van der Waals surface area contributed by atoms with E-state index in [-0.39, 0.29) is 30.8 Å². The van der Waals surface area contributed by atoms with Crippen molar-refractivity contribution >= 4 is 29.2 Å². The van der Waals surface area contributed by atoms with E-state index in [2.05, 4.69) is 22.6 Å². The lowest BCUT2D eigenvalue weighted by molar-refractivity contribution is -0.137. The van der Waals surface area contributed by atoms with Crippen molar-refractivity contribution in [2.24, 2.45) is 0 Å². The molecule has 7 nitrogen and oxygen atoms in total. The van der Waals surface area contributed by atoms with Crippen LogP contribution in [0, 0.1) is 0 Å². The Hall–Kier alpha value is -1.96. The molecule has 23 heavy (non-hydrogen) atoms. The van der Waals surface area contributed by atoms with Crippen LogP contribution in [0.2, 0.25) is 0 Å². The monoisotopic (exact) mass is 336 g/mol. The minimum Gasteiger partial charge on any atom is -0.340 e. The molecule has 1 atom stereocenters. The topological polar surface area (TPSA) is 82.6 Å². The highest BCUT2D eigenvalue weighted by Gasteiger charge is 2.33. The molecule has 1 unspecified atom stereocenters. The Balaban J connectivity index is 1.62. The lowest BCUT2D eigenvalue weighted by Crippen LogP contribution is -2.46. The molecule has 2 aliphatic rings. The van der Waals surface area contributed by atoms with Crippen LogP contribution in [0.25, 0.3) is 0 Å². The van der Waals surface area contributed by atoms with Crippen LogP contribution in [-0.4, -0.2) is 58.8 Å². The largest absolute Gasteiger partial charge is 0.340 e. The summed E-state index contributed by atoms with van der Waals surface area (Å²) in [6.45, 7) is 3.17. The number of nitrogens with one attached hydrogen (secondary N) is 1. The van der Waals surface area contributed by atoms with Crippen molar-refractivity contribution in [1.29, 1.82) is 0 Å². The zero-order valence-corrected chi connectivity index (χ0v) is 13.9. The number of hydrogen-bond acceptors (Lipinski definition) is 5. The van der Waals surface area contributed by atoms with Crippen LogP contribution in [0.1, 0.15) is 36.4 Å². The number of nitrogens with zero attached hydrogens (tertiary/aromatic N) is 3. The molecule has 3 heterocycles. The van der Waals surface area contributed by atoms with Crippen molar-refractivity contribution in [3.63, 3.8) is 0 Å². The van der Waals surface area contributed by atoms with Gasteiger partial charge in [-0.15, -0.1) is 11.3 Å². The van der Waals surface area contributed by atoms with Gasteiger partial charge in [0.2, 0.25) is 5.91 Å². The van der Waals surface area contributed by atoms with Gasteiger partial charge in [0.05, 0.1) is 17.2 Å². The van der Waals surface area contributed by atoms with Crippen LogP contribution in [0.4, 0.5) is 4.79 Å². The molecule has 0 aliphatic carbocycles. The summed E-state index contributed by atoms with van der Waals surface area (Å²) >= 11 is 1.65. The van der Waals surface area contributed by atoms with Gasteiger partial charge in [0, 0.05) is 24.4 Å². The third-order valence-corrected chi connectivity index (χ3v) is 5.34. The van der Waals surface area contributed by atoms with Crippen LogP contribution < -0.4 is 5.32 Å². The summed E-state index contributed by atoms with van der Waals surface area (Å²) < 4.78 is 0. The molecule has 0 bridgehead atoms. The molecule has 124 valence electrons. The Morgan fingerprint density at radius 1 is 1.48 bits per heavy atom. The molecule has 4 amide bonds. The molecule has 0 aromatic carbocycles. The first kappa shape index (κ1) is 15.9. The lowest BCUT2D eigenvalue weighted by Gasteiger charge is -2.32. The van der Waals surface area contributed by atoms with Gasteiger partial charge in [0.1, 0.15) is 6.54 Å². The van der Waals surface area contributed by atoms with Gasteiger partial charge in [-0.1, -0.05) is 6.92 Å². The minimum absolute atomic E-state index is 0.0202. The number of rotatable bonds is 4. The van der Waals surface area contributed by atoms with E-state index in [9.17, 15) is 14.4 Å². The van der Waals surface area contributed by atoms with Gasteiger partial charge in [-0.2, -0.15) is 0 Å². The third-order valence-electron chi connectivity index (χ3n) is 4.29. The van der Waals surface area contributed by atoms with Crippen LogP contribution in [0.5, 0.6) is 0 Å². The molecule has 3 rings (SSSR count). The predicted octanol–water partition coefficient (Wildman–Crippen LogP) is 0.963. The summed E-state index contributed by atoms with van der Waals surface area (Å²) in [5.41, 5.74) is 1.09. The maximum atomic E-state index is 12.4. The third kappa shape index (κ3) is 3.36. The van der Waals surface area contributed by atoms with E-state index in [1.807, 2.05) is 0 Å². The fourth-order valence-electron chi connectivity index (χ4n) is 2.93. The van der Waals surface area contributed by atoms with E-state index in [4.69, 9.17) is 0 Å². The number of hydrogen-bond donors (Lipinski definition) is 1. The average molecular weight is 336 g/mol. The molecular formula is C15H20N4O3S. The number of imide groups is 1. The van der Waals surface area contributed by atoms with Crippen LogP contribution >= 0.6 is 11.3 Å². The van der Waals surface area contributed by atoms with Gasteiger partial charge in [0.15, 0.2) is 0 Å². The Kier molecular flexibility index (Phi) is 4.61. The summed E-state index contributed by atoms with van der Waals surface area (Å²) in [6, 6.07) is -0.482.